The molecule has 2 aromatic rings. The van der Waals surface area contributed by atoms with Crippen molar-refractivity contribution < 1.29 is 9.18 Å². The summed E-state index contributed by atoms with van der Waals surface area (Å²) in [5, 5.41) is 0. The molecule has 0 radical (unpaired) electrons. The van der Waals surface area contributed by atoms with E-state index in [1.165, 1.54) is 12.1 Å². The summed E-state index contributed by atoms with van der Waals surface area (Å²) in [7, 11) is 0. The Bertz CT molecular complexity index is 642. The Morgan fingerprint density at radius 2 is 1.65 bits per heavy atom. The molecular weight excluding hydrogens is 323 g/mol. The molecule has 20 heavy (non-hydrogen) atoms. The van der Waals surface area contributed by atoms with Crippen LogP contribution in [0.4, 0.5) is 10.1 Å². The Labute approximate surface area is 124 Å². The van der Waals surface area contributed by atoms with Gasteiger partial charge in [-0.15, -0.1) is 0 Å². The number of nitrogens with two attached hydrogens (primary N) is 1. The minimum Gasteiger partial charge on any atom is -0.318 e. The zero-order valence-corrected chi connectivity index (χ0v) is 12.0. The van der Waals surface area contributed by atoms with Gasteiger partial charge in [0.1, 0.15) is 11.9 Å². The van der Waals surface area contributed by atoms with E-state index >= 15 is 0 Å². The van der Waals surface area contributed by atoms with E-state index in [1.807, 2.05) is 24.3 Å². The molecule has 5 heteroatoms. The third kappa shape index (κ3) is 2.13. The maximum atomic E-state index is 13.0. The second-order valence-electron chi connectivity index (χ2n) is 4.71. The normalized spacial score (nSPS) is 21.8. The van der Waals surface area contributed by atoms with Crippen LogP contribution in [-0.4, -0.2) is 11.9 Å². The zero-order valence-electron chi connectivity index (χ0n) is 10.5. The first-order valence-corrected chi connectivity index (χ1v) is 6.97. The molecule has 0 aliphatic carbocycles. The van der Waals surface area contributed by atoms with Gasteiger partial charge >= 0.3 is 0 Å². The van der Waals surface area contributed by atoms with E-state index in [4.69, 9.17) is 5.73 Å². The standard InChI is InChI=1S/C15H12BrFN2O/c16-10-3-1-9(2-4-10)14-13(18)15(20)19(14)12-7-5-11(17)6-8-12/h1-8,13-14H,18H2/t13-,14+/m1/s1. The van der Waals surface area contributed by atoms with E-state index in [9.17, 15) is 9.18 Å². The summed E-state index contributed by atoms with van der Waals surface area (Å²) >= 11 is 3.38. The Hall–Kier alpha value is -1.72. The molecule has 2 N–H and O–H groups in total. The first-order chi connectivity index (χ1) is 9.58. The number of benzene rings is 2. The van der Waals surface area contributed by atoms with Crippen LogP contribution in [0.1, 0.15) is 11.6 Å². The highest BCUT2D eigenvalue weighted by Gasteiger charge is 2.46. The third-order valence-corrected chi connectivity index (χ3v) is 3.99. The maximum absolute atomic E-state index is 13.0. The molecular formula is C15H12BrFN2O. The van der Waals surface area contributed by atoms with Gasteiger partial charge in [-0.1, -0.05) is 28.1 Å². The third-order valence-electron chi connectivity index (χ3n) is 3.46. The van der Waals surface area contributed by atoms with E-state index in [2.05, 4.69) is 15.9 Å². The lowest BCUT2D eigenvalue weighted by Gasteiger charge is -2.45. The largest absolute Gasteiger partial charge is 0.318 e. The van der Waals surface area contributed by atoms with Crippen molar-refractivity contribution in [3.05, 3.63) is 64.4 Å². The van der Waals surface area contributed by atoms with Crippen LogP contribution in [-0.2, 0) is 4.79 Å². The lowest BCUT2D eigenvalue weighted by atomic mass is 9.88. The van der Waals surface area contributed by atoms with Crippen molar-refractivity contribution >= 4 is 27.5 Å². The molecule has 3 rings (SSSR count). The van der Waals surface area contributed by atoms with Gasteiger partial charge in [-0.05, 0) is 42.0 Å². The minimum absolute atomic E-state index is 0.149. The summed E-state index contributed by atoms with van der Waals surface area (Å²) in [6.45, 7) is 0. The number of halogens is 2. The topological polar surface area (TPSA) is 46.3 Å². The van der Waals surface area contributed by atoms with Gasteiger partial charge in [0.05, 0.1) is 6.04 Å². The van der Waals surface area contributed by atoms with E-state index < -0.39 is 6.04 Å². The molecule has 1 fully saturated rings. The van der Waals surface area contributed by atoms with Gasteiger partial charge < -0.3 is 10.6 Å². The van der Waals surface area contributed by atoms with Gasteiger partial charge in [0, 0.05) is 10.2 Å². The van der Waals surface area contributed by atoms with Crippen LogP contribution < -0.4 is 10.6 Å². The van der Waals surface area contributed by atoms with Gasteiger partial charge in [-0.25, -0.2) is 4.39 Å². The van der Waals surface area contributed by atoms with Crippen molar-refractivity contribution in [2.24, 2.45) is 5.73 Å². The molecule has 1 aliphatic rings. The van der Waals surface area contributed by atoms with Crippen molar-refractivity contribution in [1.29, 1.82) is 0 Å². The molecule has 2 atom stereocenters. The van der Waals surface area contributed by atoms with Crippen molar-refractivity contribution in [2.75, 3.05) is 4.90 Å². The first kappa shape index (κ1) is 13.3. The molecule has 2 aromatic carbocycles. The number of hydrogen-bond acceptors (Lipinski definition) is 2. The van der Waals surface area contributed by atoms with Crippen LogP contribution in [0.25, 0.3) is 0 Å². The second kappa shape index (κ2) is 5.00. The predicted octanol–water partition coefficient (Wildman–Crippen LogP) is 3.00. The fourth-order valence-electron chi connectivity index (χ4n) is 2.42. The molecule has 1 aliphatic heterocycles. The van der Waals surface area contributed by atoms with E-state index in [1.54, 1.807) is 17.0 Å². The molecule has 0 saturated carbocycles. The first-order valence-electron chi connectivity index (χ1n) is 6.17. The van der Waals surface area contributed by atoms with Crippen molar-refractivity contribution in [3.8, 4) is 0 Å². The lowest BCUT2D eigenvalue weighted by Crippen LogP contribution is -2.63. The van der Waals surface area contributed by atoms with Gasteiger partial charge in [0.25, 0.3) is 0 Å². The average molecular weight is 335 g/mol. The summed E-state index contributed by atoms with van der Waals surface area (Å²) < 4.78 is 13.9. The number of carbonyl (C=O) groups is 1. The SMILES string of the molecule is N[C@H]1C(=O)N(c2ccc(F)cc2)[C@H]1c1ccc(Br)cc1. The van der Waals surface area contributed by atoms with Crippen LogP contribution in [0.2, 0.25) is 0 Å². The van der Waals surface area contributed by atoms with Crippen LogP contribution in [0, 0.1) is 5.82 Å². The van der Waals surface area contributed by atoms with Crippen molar-refractivity contribution in [3.63, 3.8) is 0 Å². The molecule has 1 heterocycles. The molecule has 102 valence electrons. The maximum Gasteiger partial charge on any atom is 0.247 e. The van der Waals surface area contributed by atoms with Gasteiger partial charge in [0.15, 0.2) is 0 Å². The highest BCUT2D eigenvalue weighted by atomic mass is 79.9. The van der Waals surface area contributed by atoms with E-state index in [0.29, 0.717) is 5.69 Å². The summed E-state index contributed by atoms with van der Waals surface area (Å²) in [6, 6.07) is 12.8. The smallest absolute Gasteiger partial charge is 0.247 e. The second-order valence-corrected chi connectivity index (χ2v) is 5.62. The minimum atomic E-state index is -0.554. The number of hydrogen-bond donors (Lipinski definition) is 1. The van der Waals surface area contributed by atoms with Crippen molar-refractivity contribution in [1.82, 2.24) is 0 Å². The Morgan fingerprint density at radius 3 is 2.25 bits per heavy atom. The van der Waals surface area contributed by atoms with E-state index in [0.717, 1.165) is 10.0 Å². The molecule has 0 spiro atoms. The number of amides is 1. The summed E-state index contributed by atoms with van der Waals surface area (Å²) in [4.78, 5) is 13.6. The fourth-order valence-corrected chi connectivity index (χ4v) is 2.68. The highest BCUT2D eigenvalue weighted by molar-refractivity contribution is 9.10. The quantitative estimate of drug-likeness (QED) is 0.858. The molecule has 1 amide bonds. The fraction of sp³-hybridized carbons (Fsp3) is 0.133. The molecule has 0 unspecified atom stereocenters. The summed E-state index contributed by atoms with van der Waals surface area (Å²) in [5.41, 5.74) is 7.54. The Morgan fingerprint density at radius 1 is 1.05 bits per heavy atom. The average Bonchev–Trinajstić information content (AvgIpc) is 2.46. The zero-order chi connectivity index (χ0) is 14.3. The number of carbonyl (C=O) groups excluding carboxylic acids is 1. The van der Waals surface area contributed by atoms with Gasteiger partial charge in [-0.2, -0.15) is 0 Å². The van der Waals surface area contributed by atoms with Crippen LogP contribution in [0.5, 0.6) is 0 Å². The molecule has 0 aromatic heterocycles. The van der Waals surface area contributed by atoms with Crippen LogP contribution >= 0.6 is 15.9 Å². The van der Waals surface area contributed by atoms with Crippen molar-refractivity contribution in [2.45, 2.75) is 12.1 Å². The predicted molar refractivity (Wildman–Crippen MR) is 78.7 cm³/mol. The monoisotopic (exact) mass is 334 g/mol. The van der Waals surface area contributed by atoms with Crippen LogP contribution in [0.3, 0.4) is 0 Å². The Balaban J connectivity index is 1.95. The number of nitrogens with zero attached hydrogens (tertiary/aromatic N) is 1. The summed E-state index contributed by atoms with van der Waals surface area (Å²) in [6.07, 6.45) is 0. The molecule has 3 nitrogen and oxygen atoms in total. The molecule has 1 saturated heterocycles. The van der Waals surface area contributed by atoms with Crippen LogP contribution in [0.15, 0.2) is 53.0 Å². The van der Waals surface area contributed by atoms with E-state index in [-0.39, 0.29) is 17.8 Å². The Kier molecular flexibility index (Phi) is 3.31. The summed E-state index contributed by atoms with van der Waals surface area (Å²) in [5.74, 6) is -0.476. The number of rotatable bonds is 2. The molecule has 0 bridgehead atoms. The highest BCUT2D eigenvalue weighted by Crippen LogP contribution is 2.38. The van der Waals surface area contributed by atoms with Gasteiger partial charge in [0.2, 0.25) is 5.91 Å². The van der Waals surface area contributed by atoms with Gasteiger partial charge in [-0.3, -0.25) is 4.79 Å². The number of β-lactam (4-membered cyclic amide) rings is 1. The lowest BCUT2D eigenvalue weighted by molar-refractivity contribution is -0.126. The number of anilines is 1.